The average Bonchev–Trinajstić information content (AvgIpc) is 2.21. The Morgan fingerprint density at radius 3 is 2.92 bits per heavy atom. The molecule has 0 amide bonds. The molecule has 0 aliphatic carbocycles. The molecule has 5 heteroatoms. The summed E-state index contributed by atoms with van der Waals surface area (Å²) in [6.07, 6.45) is 0. The molecule has 1 heterocycles. The highest BCUT2D eigenvalue weighted by Gasteiger charge is 2.41. The molecular weight excluding hydrogens is 184 g/mol. The number of hydrogen-bond donors (Lipinski definition) is 1. The molecular formula is C7H5F2NOS. The van der Waals surface area contributed by atoms with Gasteiger partial charge in [-0.25, -0.2) is 0 Å². The van der Waals surface area contributed by atoms with Gasteiger partial charge in [0.25, 0.3) is 0 Å². The Morgan fingerprint density at radius 1 is 1.42 bits per heavy atom. The fourth-order valence-electron chi connectivity index (χ4n) is 0.966. The van der Waals surface area contributed by atoms with Crippen molar-refractivity contribution in [2.75, 3.05) is 5.73 Å². The van der Waals surface area contributed by atoms with Crippen LogP contribution >= 0.6 is 11.8 Å². The fourth-order valence-corrected chi connectivity index (χ4v) is 1.76. The summed E-state index contributed by atoms with van der Waals surface area (Å²) in [5.74, 6) is 0.194. The van der Waals surface area contributed by atoms with Gasteiger partial charge in [-0.15, -0.1) is 0 Å². The van der Waals surface area contributed by atoms with E-state index >= 15 is 0 Å². The predicted molar refractivity (Wildman–Crippen MR) is 42.3 cm³/mol. The summed E-state index contributed by atoms with van der Waals surface area (Å²) in [6, 6.07) is 4.44. The Bertz CT molecular complexity index is 329. The van der Waals surface area contributed by atoms with E-state index in [1.165, 1.54) is 18.2 Å². The highest BCUT2D eigenvalue weighted by Crippen LogP contribution is 2.49. The maximum absolute atomic E-state index is 12.6. The predicted octanol–water partition coefficient (Wildman–Crippen LogP) is 2.30. The van der Waals surface area contributed by atoms with Crippen LogP contribution in [0.5, 0.6) is 5.75 Å². The van der Waals surface area contributed by atoms with Crippen LogP contribution in [0.15, 0.2) is 23.1 Å². The fraction of sp³-hybridized carbons (Fsp3) is 0.143. The summed E-state index contributed by atoms with van der Waals surface area (Å²) in [4.78, 5) is 0.389. The zero-order valence-electron chi connectivity index (χ0n) is 5.88. The highest BCUT2D eigenvalue weighted by atomic mass is 32.2. The molecule has 2 N–H and O–H groups in total. The molecule has 0 atom stereocenters. The van der Waals surface area contributed by atoms with Crippen LogP contribution in [0, 0.1) is 0 Å². The number of benzene rings is 1. The number of fused-ring (bicyclic) bond motifs is 1. The smallest absolute Gasteiger partial charge is 0.423 e. The second-order valence-electron chi connectivity index (χ2n) is 2.37. The molecule has 0 saturated carbocycles. The number of ether oxygens (including phenoxy) is 1. The molecule has 1 aromatic rings. The summed E-state index contributed by atoms with van der Waals surface area (Å²) in [6.45, 7) is 0. The van der Waals surface area contributed by atoms with E-state index in [4.69, 9.17) is 5.73 Å². The molecule has 0 fully saturated rings. The van der Waals surface area contributed by atoms with Gasteiger partial charge in [0, 0.05) is 5.69 Å². The lowest BCUT2D eigenvalue weighted by Gasteiger charge is -2.04. The van der Waals surface area contributed by atoms with Gasteiger partial charge >= 0.3 is 5.44 Å². The van der Waals surface area contributed by atoms with Crippen LogP contribution in [0.2, 0.25) is 0 Å². The van der Waals surface area contributed by atoms with Crippen molar-refractivity contribution in [2.24, 2.45) is 0 Å². The number of anilines is 1. The van der Waals surface area contributed by atoms with Crippen LogP contribution in [0.25, 0.3) is 0 Å². The topological polar surface area (TPSA) is 35.2 Å². The molecule has 1 aliphatic heterocycles. The summed E-state index contributed by atoms with van der Waals surface area (Å²) in [5, 5.41) is 0. The maximum Gasteiger partial charge on any atom is 0.457 e. The molecule has 0 saturated heterocycles. The molecule has 2 nitrogen and oxygen atoms in total. The summed E-state index contributed by atoms with van der Waals surface area (Å²) in [7, 11) is 0. The molecule has 12 heavy (non-hydrogen) atoms. The van der Waals surface area contributed by atoms with E-state index in [1.54, 1.807) is 0 Å². The second-order valence-corrected chi connectivity index (χ2v) is 3.49. The minimum absolute atomic E-state index is 0.194. The summed E-state index contributed by atoms with van der Waals surface area (Å²) in [5.41, 5.74) is 2.72. The van der Waals surface area contributed by atoms with E-state index in [9.17, 15) is 8.78 Å². The Labute approximate surface area is 71.7 Å². The van der Waals surface area contributed by atoms with E-state index in [0.717, 1.165) is 0 Å². The van der Waals surface area contributed by atoms with Crippen molar-refractivity contribution >= 4 is 17.4 Å². The van der Waals surface area contributed by atoms with Crippen molar-refractivity contribution in [1.82, 2.24) is 0 Å². The average molecular weight is 189 g/mol. The van der Waals surface area contributed by atoms with Crippen molar-refractivity contribution in [2.45, 2.75) is 10.3 Å². The first-order chi connectivity index (χ1) is 5.57. The van der Waals surface area contributed by atoms with Gasteiger partial charge in [0.1, 0.15) is 5.75 Å². The molecule has 0 radical (unpaired) electrons. The third-order valence-corrected chi connectivity index (χ3v) is 2.29. The van der Waals surface area contributed by atoms with Crippen molar-refractivity contribution in [3.63, 3.8) is 0 Å². The third kappa shape index (κ3) is 1.20. The van der Waals surface area contributed by atoms with Crippen LogP contribution < -0.4 is 10.5 Å². The number of alkyl halides is 2. The van der Waals surface area contributed by atoms with Crippen LogP contribution in [0.1, 0.15) is 0 Å². The Hall–Kier alpha value is -0.970. The van der Waals surface area contributed by atoms with Crippen LogP contribution in [-0.2, 0) is 0 Å². The van der Waals surface area contributed by atoms with Crippen LogP contribution in [-0.4, -0.2) is 5.44 Å². The molecule has 1 aliphatic rings. The van der Waals surface area contributed by atoms with Crippen molar-refractivity contribution in [3.8, 4) is 5.75 Å². The lowest BCUT2D eigenvalue weighted by atomic mass is 10.3. The SMILES string of the molecule is Nc1ccc2c(c1)SC(F)(F)O2. The first-order valence-electron chi connectivity index (χ1n) is 3.22. The number of rotatable bonds is 0. The van der Waals surface area contributed by atoms with Gasteiger partial charge < -0.3 is 10.5 Å². The van der Waals surface area contributed by atoms with Gasteiger partial charge in [0.2, 0.25) is 0 Å². The lowest BCUT2D eigenvalue weighted by molar-refractivity contribution is -0.0822. The van der Waals surface area contributed by atoms with E-state index in [0.29, 0.717) is 22.3 Å². The zero-order valence-corrected chi connectivity index (χ0v) is 6.70. The maximum atomic E-state index is 12.6. The molecule has 2 rings (SSSR count). The normalized spacial score (nSPS) is 18.5. The Morgan fingerprint density at radius 2 is 2.17 bits per heavy atom. The minimum Gasteiger partial charge on any atom is -0.423 e. The number of nitrogen functional groups attached to an aromatic ring is 1. The van der Waals surface area contributed by atoms with Gasteiger partial charge in [-0.2, -0.15) is 8.78 Å². The zero-order chi connectivity index (χ0) is 8.77. The molecule has 1 aromatic carbocycles. The largest absolute Gasteiger partial charge is 0.457 e. The number of thioether (sulfide) groups is 1. The summed E-state index contributed by atoms with van der Waals surface area (Å²) >= 11 is 0.372. The summed E-state index contributed by atoms with van der Waals surface area (Å²) < 4.78 is 29.5. The highest BCUT2D eigenvalue weighted by molar-refractivity contribution is 8.00. The van der Waals surface area contributed by atoms with Gasteiger partial charge in [-0.3, -0.25) is 0 Å². The molecule has 64 valence electrons. The first-order valence-corrected chi connectivity index (χ1v) is 4.04. The van der Waals surface area contributed by atoms with Crippen LogP contribution in [0.3, 0.4) is 0 Å². The monoisotopic (exact) mass is 189 g/mol. The number of halogens is 2. The van der Waals surface area contributed by atoms with Gasteiger partial charge in [0.05, 0.1) is 4.90 Å². The Balaban J connectivity index is 2.43. The second kappa shape index (κ2) is 2.26. The molecule has 0 aromatic heterocycles. The van der Waals surface area contributed by atoms with Gasteiger partial charge in [-0.1, -0.05) is 0 Å². The first kappa shape index (κ1) is 7.67. The number of hydrogen-bond acceptors (Lipinski definition) is 3. The third-order valence-electron chi connectivity index (χ3n) is 1.43. The van der Waals surface area contributed by atoms with Crippen molar-refractivity contribution in [1.29, 1.82) is 0 Å². The standard InChI is InChI=1S/C7H5F2NOS/c8-7(9)11-5-2-1-4(10)3-6(5)12-7/h1-3H,10H2. The molecule has 0 unspecified atom stereocenters. The van der Waals surface area contributed by atoms with Crippen molar-refractivity contribution in [3.05, 3.63) is 18.2 Å². The van der Waals surface area contributed by atoms with Gasteiger partial charge in [-0.05, 0) is 30.0 Å². The molecule has 0 bridgehead atoms. The van der Waals surface area contributed by atoms with E-state index in [1.807, 2.05) is 0 Å². The van der Waals surface area contributed by atoms with Crippen LogP contribution in [0.4, 0.5) is 14.5 Å². The Kier molecular flexibility index (Phi) is 1.44. The molecule has 0 spiro atoms. The quantitative estimate of drug-likeness (QED) is 0.636. The minimum atomic E-state index is -3.14. The number of nitrogens with two attached hydrogens (primary N) is 1. The van der Waals surface area contributed by atoms with E-state index in [2.05, 4.69) is 4.74 Å². The van der Waals surface area contributed by atoms with E-state index in [-0.39, 0.29) is 5.75 Å². The lowest BCUT2D eigenvalue weighted by Crippen LogP contribution is -2.13. The van der Waals surface area contributed by atoms with E-state index < -0.39 is 5.44 Å². The van der Waals surface area contributed by atoms with Crippen molar-refractivity contribution < 1.29 is 13.5 Å². The van der Waals surface area contributed by atoms with Gasteiger partial charge in [0.15, 0.2) is 0 Å².